The fraction of sp³-hybridized carbons (Fsp3) is 0.0435. The minimum atomic E-state index is -0.456. The predicted octanol–water partition coefficient (Wildman–Crippen LogP) is 6.63. The number of nitrogens with zero attached hydrogens (tertiary/aromatic N) is 2. The SMILES string of the molecule is Fc1cc(COc2cccc(C=NNc3nc(-c4ccccc4)cs3)c2)ccc1Cl. The second-order valence-electron chi connectivity index (χ2n) is 6.38. The Morgan fingerprint density at radius 2 is 1.93 bits per heavy atom. The van der Waals surface area contributed by atoms with Gasteiger partial charge >= 0.3 is 0 Å². The Morgan fingerprint density at radius 1 is 1.07 bits per heavy atom. The largest absolute Gasteiger partial charge is 0.489 e. The lowest BCUT2D eigenvalue weighted by atomic mass is 10.2. The van der Waals surface area contributed by atoms with Gasteiger partial charge in [-0.05, 0) is 35.4 Å². The molecule has 4 aromatic rings. The topological polar surface area (TPSA) is 46.5 Å². The molecule has 30 heavy (non-hydrogen) atoms. The second kappa shape index (κ2) is 9.52. The number of halogens is 2. The average molecular weight is 438 g/mol. The molecule has 7 heteroatoms. The van der Waals surface area contributed by atoms with Crippen LogP contribution < -0.4 is 10.2 Å². The molecule has 3 aromatic carbocycles. The summed E-state index contributed by atoms with van der Waals surface area (Å²) in [6, 6.07) is 22.1. The first-order valence-corrected chi connectivity index (χ1v) is 10.4. The number of rotatable bonds is 7. The number of anilines is 1. The summed E-state index contributed by atoms with van der Waals surface area (Å²) in [6.45, 7) is 0.244. The van der Waals surface area contributed by atoms with Crippen LogP contribution in [0.1, 0.15) is 11.1 Å². The van der Waals surface area contributed by atoms with Crippen molar-refractivity contribution in [2.24, 2.45) is 5.10 Å². The first kappa shape index (κ1) is 20.1. The molecule has 0 saturated carbocycles. The molecule has 0 aliphatic heterocycles. The molecule has 1 N–H and O–H groups in total. The Labute approximate surface area is 182 Å². The number of aromatic nitrogens is 1. The third-order valence-electron chi connectivity index (χ3n) is 4.20. The van der Waals surface area contributed by atoms with Crippen LogP contribution in [0.2, 0.25) is 5.02 Å². The van der Waals surface area contributed by atoms with Crippen LogP contribution in [0, 0.1) is 5.82 Å². The van der Waals surface area contributed by atoms with Gasteiger partial charge in [-0.2, -0.15) is 5.10 Å². The number of ether oxygens (including phenoxy) is 1. The van der Waals surface area contributed by atoms with Crippen molar-refractivity contribution in [2.45, 2.75) is 6.61 Å². The average Bonchev–Trinajstić information content (AvgIpc) is 3.24. The van der Waals surface area contributed by atoms with E-state index in [1.807, 2.05) is 60.0 Å². The van der Waals surface area contributed by atoms with E-state index in [-0.39, 0.29) is 11.6 Å². The zero-order valence-electron chi connectivity index (χ0n) is 15.8. The lowest BCUT2D eigenvalue weighted by Gasteiger charge is -2.07. The van der Waals surface area contributed by atoms with Gasteiger partial charge in [-0.3, -0.25) is 5.43 Å². The Hall–Kier alpha value is -3.22. The summed E-state index contributed by atoms with van der Waals surface area (Å²) in [6.07, 6.45) is 1.69. The molecule has 0 amide bonds. The minimum Gasteiger partial charge on any atom is -0.489 e. The third kappa shape index (κ3) is 5.23. The number of nitrogens with one attached hydrogen (secondary N) is 1. The van der Waals surface area contributed by atoms with Crippen molar-refractivity contribution < 1.29 is 9.13 Å². The van der Waals surface area contributed by atoms with E-state index in [4.69, 9.17) is 16.3 Å². The van der Waals surface area contributed by atoms with E-state index < -0.39 is 5.82 Å². The van der Waals surface area contributed by atoms with Gasteiger partial charge in [0.15, 0.2) is 0 Å². The zero-order valence-corrected chi connectivity index (χ0v) is 17.3. The Bertz CT molecular complexity index is 1160. The highest BCUT2D eigenvalue weighted by Gasteiger charge is 2.04. The maximum atomic E-state index is 13.5. The summed E-state index contributed by atoms with van der Waals surface area (Å²) in [5.41, 5.74) is 6.50. The second-order valence-corrected chi connectivity index (χ2v) is 7.65. The van der Waals surface area contributed by atoms with Gasteiger partial charge in [-0.1, -0.05) is 60.1 Å². The summed E-state index contributed by atoms with van der Waals surface area (Å²) in [4.78, 5) is 4.53. The van der Waals surface area contributed by atoms with Gasteiger partial charge in [-0.15, -0.1) is 11.3 Å². The van der Waals surface area contributed by atoms with Crippen LogP contribution >= 0.6 is 22.9 Å². The smallest absolute Gasteiger partial charge is 0.203 e. The molecule has 0 fully saturated rings. The fourth-order valence-corrected chi connectivity index (χ4v) is 3.50. The summed E-state index contributed by atoms with van der Waals surface area (Å²) in [7, 11) is 0. The summed E-state index contributed by atoms with van der Waals surface area (Å²) >= 11 is 7.19. The van der Waals surface area contributed by atoms with Crippen LogP contribution in [0.15, 0.2) is 83.3 Å². The molecule has 0 atom stereocenters. The Morgan fingerprint density at radius 3 is 2.77 bits per heavy atom. The fourth-order valence-electron chi connectivity index (χ4n) is 2.71. The van der Waals surface area contributed by atoms with Gasteiger partial charge in [0.2, 0.25) is 5.13 Å². The molecule has 0 unspecified atom stereocenters. The molecule has 1 aromatic heterocycles. The molecular weight excluding hydrogens is 421 g/mol. The first-order chi connectivity index (χ1) is 14.7. The van der Waals surface area contributed by atoms with Gasteiger partial charge in [0.25, 0.3) is 0 Å². The van der Waals surface area contributed by atoms with Crippen molar-refractivity contribution in [3.63, 3.8) is 0 Å². The van der Waals surface area contributed by atoms with Gasteiger partial charge < -0.3 is 4.74 Å². The highest BCUT2D eigenvalue weighted by Crippen LogP contribution is 2.24. The quantitative estimate of drug-likeness (QED) is 0.261. The minimum absolute atomic E-state index is 0.0978. The third-order valence-corrected chi connectivity index (χ3v) is 5.25. The van der Waals surface area contributed by atoms with Crippen LogP contribution in [-0.4, -0.2) is 11.2 Å². The molecule has 4 rings (SSSR count). The molecule has 0 spiro atoms. The molecule has 0 aliphatic rings. The maximum Gasteiger partial charge on any atom is 0.203 e. The van der Waals surface area contributed by atoms with Crippen molar-refractivity contribution in [2.75, 3.05) is 5.43 Å². The Balaban J connectivity index is 1.35. The lowest BCUT2D eigenvalue weighted by Crippen LogP contribution is -1.97. The lowest BCUT2D eigenvalue weighted by molar-refractivity contribution is 0.305. The summed E-state index contributed by atoms with van der Waals surface area (Å²) < 4.78 is 19.3. The van der Waals surface area contributed by atoms with Gasteiger partial charge in [0, 0.05) is 10.9 Å². The zero-order chi connectivity index (χ0) is 20.8. The number of thiazole rings is 1. The monoisotopic (exact) mass is 437 g/mol. The number of benzene rings is 3. The van der Waals surface area contributed by atoms with E-state index >= 15 is 0 Å². The van der Waals surface area contributed by atoms with E-state index in [2.05, 4.69) is 15.5 Å². The van der Waals surface area contributed by atoms with E-state index in [1.165, 1.54) is 23.5 Å². The molecule has 4 nitrogen and oxygen atoms in total. The molecule has 150 valence electrons. The van der Waals surface area contributed by atoms with Crippen molar-refractivity contribution in [1.82, 2.24) is 4.98 Å². The van der Waals surface area contributed by atoms with Gasteiger partial charge in [0.05, 0.1) is 16.9 Å². The van der Waals surface area contributed by atoms with Crippen LogP contribution in [0.3, 0.4) is 0 Å². The van der Waals surface area contributed by atoms with E-state index in [1.54, 1.807) is 12.3 Å². The van der Waals surface area contributed by atoms with E-state index in [9.17, 15) is 4.39 Å². The standard InChI is InChI=1S/C23H17ClFN3OS/c24-20-10-9-17(12-21(20)25)14-29-19-8-4-5-16(11-19)13-26-28-23-27-22(15-30-23)18-6-2-1-3-7-18/h1-13,15H,14H2,(H,27,28). The van der Waals surface area contributed by atoms with Gasteiger partial charge in [0.1, 0.15) is 18.2 Å². The number of hydrogen-bond acceptors (Lipinski definition) is 5. The van der Waals surface area contributed by atoms with Crippen molar-refractivity contribution >= 4 is 34.3 Å². The molecule has 0 saturated heterocycles. The highest BCUT2D eigenvalue weighted by molar-refractivity contribution is 7.14. The summed E-state index contributed by atoms with van der Waals surface area (Å²) in [5.74, 6) is 0.206. The van der Waals surface area contributed by atoms with Crippen LogP contribution in [0.4, 0.5) is 9.52 Å². The van der Waals surface area contributed by atoms with Gasteiger partial charge in [-0.25, -0.2) is 9.37 Å². The van der Waals surface area contributed by atoms with Crippen molar-refractivity contribution in [3.05, 3.63) is 100 Å². The normalized spacial score (nSPS) is 11.0. The molecule has 1 heterocycles. The molecule has 0 aliphatic carbocycles. The van der Waals surface area contributed by atoms with E-state index in [0.29, 0.717) is 16.4 Å². The van der Waals surface area contributed by atoms with Crippen LogP contribution in [0.25, 0.3) is 11.3 Å². The van der Waals surface area contributed by atoms with Crippen molar-refractivity contribution in [1.29, 1.82) is 0 Å². The molecule has 0 bridgehead atoms. The highest BCUT2D eigenvalue weighted by atomic mass is 35.5. The first-order valence-electron chi connectivity index (χ1n) is 9.14. The summed E-state index contributed by atoms with van der Waals surface area (Å²) in [5, 5.41) is 7.05. The van der Waals surface area contributed by atoms with E-state index in [0.717, 1.165) is 16.8 Å². The Kier molecular flexibility index (Phi) is 6.37. The molecule has 0 radical (unpaired) electrons. The maximum absolute atomic E-state index is 13.5. The van der Waals surface area contributed by atoms with Crippen molar-refractivity contribution in [3.8, 4) is 17.0 Å². The number of hydrogen-bond donors (Lipinski definition) is 1. The number of hydrazone groups is 1. The molecular formula is C23H17ClFN3OS. The van der Waals surface area contributed by atoms with Crippen LogP contribution in [0.5, 0.6) is 5.75 Å². The van der Waals surface area contributed by atoms with Crippen LogP contribution in [-0.2, 0) is 6.61 Å². The predicted molar refractivity (Wildman–Crippen MR) is 121 cm³/mol.